The van der Waals surface area contributed by atoms with Gasteiger partial charge in [0.25, 0.3) is 0 Å². The van der Waals surface area contributed by atoms with Gasteiger partial charge in [0.15, 0.2) is 0 Å². The van der Waals surface area contributed by atoms with Gasteiger partial charge < -0.3 is 10.1 Å². The summed E-state index contributed by atoms with van der Waals surface area (Å²) in [6.07, 6.45) is 4.32. The molecule has 1 N–H and O–H groups in total. The highest BCUT2D eigenvalue weighted by molar-refractivity contribution is 5.30. The summed E-state index contributed by atoms with van der Waals surface area (Å²) >= 11 is 0. The summed E-state index contributed by atoms with van der Waals surface area (Å²) in [4.78, 5) is 2.45. The van der Waals surface area contributed by atoms with Crippen LogP contribution in [0.4, 0.5) is 0 Å². The monoisotopic (exact) mass is 274 g/mol. The van der Waals surface area contributed by atoms with Crippen LogP contribution in [0.1, 0.15) is 25.3 Å². The smallest absolute Gasteiger partial charge is 0.120 e. The van der Waals surface area contributed by atoms with Crippen molar-refractivity contribution < 1.29 is 4.74 Å². The molecule has 1 aliphatic heterocycles. The molecular formula is C17H26N2O. The van der Waals surface area contributed by atoms with Crippen LogP contribution >= 0.6 is 0 Å². The molecule has 0 atom stereocenters. The molecule has 1 saturated heterocycles. The van der Waals surface area contributed by atoms with Crippen LogP contribution in [-0.2, 0) is 0 Å². The summed E-state index contributed by atoms with van der Waals surface area (Å²) in [5.74, 6) is 1.50. The number of nitrogens with one attached hydrogen (secondary N) is 1. The Kier molecular flexibility index (Phi) is 6.09. The summed E-state index contributed by atoms with van der Waals surface area (Å²) < 4.78 is 5.77. The Morgan fingerprint density at radius 2 is 2.05 bits per heavy atom. The molecule has 0 unspecified atom stereocenters. The van der Waals surface area contributed by atoms with Crippen LogP contribution in [0, 0.1) is 0 Å². The molecule has 1 fully saturated rings. The molecule has 0 amide bonds. The molecule has 1 heterocycles. The summed E-state index contributed by atoms with van der Waals surface area (Å²) in [7, 11) is 0. The normalized spacial score (nSPS) is 16.9. The average molecular weight is 274 g/mol. The van der Waals surface area contributed by atoms with Crippen molar-refractivity contribution >= 4 is 0 Å². The zero-order valence-electron chi connectivity index (χ0n) is 12.6. The fraction of sp³-hybridized carbons (Fsp3) is 0.529. The van der Waals surface area contributed by atoms with Crippen LogP contribution < -0.4 is 10.1 Å². The first-order valence-electron chi connectivity index (χ1n) is 7.56. The van der Waals surface area contributed by atoms with Gasteiger partial charge in [0.2, 0.25) is 0 Å². The molecule has 1 aliphatic rings. The van der Waals surface area contributed by atoms with Gasteiger partial charge in [-0.25, -0.2) is 0 Å². The van der Waals surface area contributed by atoms with E-state index in [1.165, 1.54) is 5.56 Å². The third-order valence-corrected chi connectivity index (χ3v) is 3.61. The van der Waals surface area contributed by atoms with E-state index in [1.807, 2.05) is 6.07 Å². The van der Waals surface area contributed by atoms with Crippen molar-refractivity contribution in [2.24, 2.45) is 0 Å². The second-order valence-electron chi connectivity index (χ2n) is 5.56. The van der Waals surface area contributed by atoms with E-state index in [-0.39, 0.29) is 0 Å². The number of benzene rings is 1. The van der Waals surface area contributed by atoms with E-state index >= 15 is 0 Å². The topological polar surface area (TPSA) is 24.5 Å². The lowest BCUT2D eigenvalue weighted by Gasteiger charge is -2.25. The molecule has 1 aromatic carbocycles. The molecular weight excluding hydrogens is 248 g/mol. The minimum atomic E-state index is 0.543. The lowest BCUT2D eigenvalue weighted by Crippen LogP contribution is -2.43. The minimum absolute atomic E-state index is 0.543. The fourth-order valence-electron chi connectivity index (χ4n) is 2.29. The molecule has 0 spiro atoms. The molecule has 110 valence electrons. The number of hydrogen-bond acceptors (Lipinski definition) is 3. The molecule has 3 heteroatoms. The predicted octanol–water partition coefficient (Wildman–Crippen LogP) is 2.65. The lowest BCUT2D eigenvalue weighted by molar-refractivity contribution is 0.264. The van der Waals surface area contributed by atoms with Crippen LogP contribution in [0.3, 0.4) is 0 Å². The number of rotatable bonds is 6. The molecule has 0 aromatic heterocycles. The van der Waals surface area contributed by atoms with Crippen molar-refractivity contribution in [3.8, 4) is 5.75 Å². The first-order valence-corrected chi connectivity index (χ1v) is 7.56. The van der Waals surface area contributed by atoms with Gasteiger partial charge in [-0.05, 0) is 23.6 Å². The van der Waals surface area contributed by atoms with E-state index in [1.54, 1.807) is 0 Å². The quantitative estimate of drug-likeness (QED) is 0.807. The van der Waals surface area contributed by atoms with Crippen molar-refractivity contribution in [1.29, 1.82) is 0 Å². The number of nitrogens with zero attached hydrogens (tertiary/aromatic N) is 1. The van der Waals surface area contributed by atoms with Crippen molar-refractivity contribution in [2.45, 2.75) is 19.8 Å². The van der Waals surface area contributed by atoms with E-state index in [2.05, 4.69) is 54.4 Å². The summed E-state index contributed by atoms with van der Waals surface area (Å²) in [5.41, 5.74) is 1.33. The third-order valence-electron chi connectivity index (χ3n) is 3.61. The molecule has 1 aromatic rings. The maximum Gasteiger partial charge on any atom is 0.120 e. The largest absolute Gasteiger partial charge is 0.490 e. The SMILES string of the molecule is CC(C)c1cccc(OCC=CCN2CCNCC2)c1. The Morgan fingerprint density at radius 1 is 1.25 bits per heavy atom. The second-order valence-corrected chi connectivity index (χ2v) is 5.56. The number of hydrogen-bond donors (Lipinski definition) is 1. The van der Waals surface area contributed by atoms with Crippen molar-refractivity contribution in [2.75, 3.05) is 39.3 Å². The van der Waals surface area contributed by atoms with E-state index < -0.39 is 0 Å². The molecule has 20 heavy (non-hydrogen) atoms. The van der Waals surface area contributed by atoms with Gasteiger partial charge in [0, 0.05) is 32.7 Å². The van der Waals surface area contributed by atoms with Gasteiger partial charge in [-0.3, -0.25) is 4.90 Å². The van der Waals surface area contributed by atoms with Gasteiger partial charge >= 0.3 is 0 Å². The van der Waals surface area contributed by atoms with Crippen molar-refractivity contribution in [1.82, 2.24) is 10.2 Å². The minimum Gasteiger partial charge on any atom is -0.490 e. The molecule has 2 rings (SSSR count). The zero-order valence-corrected chi connectivity index (χ0v) is 12.6. The van der Waals surface area contributed by atoms with E-state index in [0.29, 0.717) is 12.5 Å². The van der Waals surface area contributed by atoms with Gasteiger partial charge in [-0.2, -0.15) is 0 Å². The average Bonchev–Trinajstić information content (AvgIpc) is 2.48. The van der Waals surface area contributed by atoms with Crippen molar-refractivity contribution in [3.63, 3.8) is 0 Å². The van der Waals surface area contributed by atoms with Crippen LogP contribution in [0.15, 0.2) is 36.4 Å². The highest BCUT2D eigenvalue weighted by Gasteiger charge is 2.06. The van der Waals surface area contributed by atoms with E-state index in [4.69, 9.17) is 4.74 Å². The highest BCUT2D eigenvalue weighted by atomic mass is 16.5. The van der Waals surface area contributed by atoms with Crippen LogP contribution in [-0.4, -0.2) is 44.2 Å². The maximum atomic E-state index is 5.77. The summed E-state index contributed by atoms with van der Waals surface area (Å²) in [6, 6.07) is 8.37. The van der Waals surface area contributed by atoms with Gasteiger partial charge in [-0.15, -0.1) is 0 Å². The molecule has 0 radical (unpaired) electrons. The Morgan fingerprint density at radius 3 is 2.80 bits per heavy atom. The lowest BCUT2D eigenvalue weighted by atomic mass is 10.0. The van der Waals surface area contributed by atoms with Gasteiger partial charge in [-0.1, -0.05) is 38.1 Å². The summed E-state index contributed by atoms with van der Waals surface area (Å²) in [5, 5.41) is 3.36. The zero-order chi connectivity index (χ0) is 14.2. The number of ether oxygens (including phenoxy) is 1. The van der Waals surface area contributed by atoms with Crippen molar-refractivity contribution in [3.05, 3.63) is 42.0 Å². The van der Waals surface area contributed by atoms with Crippen LogP contribution in [0.5, 0.6) is 5.75 Å². The molecule has 3 nitrogen and oxygen atoms in total. The Balaban J connectivity index is 1.70. The standard InChI is InChI=1S/C17H26N2O/c1-15(2)16-6-5-7-17(14-16)20-13-4-3-10-19-11-8-18-9-12-19/h3-7,14-15,18H,8-13H2,1-2H3. The van der Waals surface area contributed by atoms with Crippen LogP contribution in [0.2, 0.25) is 0 Å². The third kappa shape index (κ3) is 4.99. The van der Waals surface area contributed by atoms with E-state index in [9.17, 15) is 0 Å². The fourth-order valence-corrected chi connectivity index (χ4v) is 2.29. The Labute approximate surface area is 122 Å². The van der Waals surface area contributed by atoms with E-state index in [0.717, 1.165) is 38.5 Å². The molecule has 0 aliphatic carbocycles. The summed E-state index contributed by atoms with van der Waals surface area (Å²) in [6.45, 7) is 10.6. The number of piperazine rings is 1. The van der Waals surface area contributed by atoms with Gasteiger partial charge in [0.05, 0.1) is 0 Å². The molecule has 0 saturated carbocycles. The second kappa shape index (κ2) is 8.08. The van der Waals surface area contributed by atoms with Gasteiger partial charge in [0.1, 0.15) is 12.4 Å². The molecule has 0 bridgehead atoms. The highest BCUT2D eigenvalue weighted by Crippen LogP contribution is 2.19. The maximum absolute atomic E-state index is 5.77. The first-order chi connectivity index (χ1) is 9.75. The Hall–Kier alpha value is -1.32. The predicted molar refractivity (Wildman–Crippen MR) is 84.5 cm³/mol. The Bertz CT molecular complexity index is 423. The first kappa shape index (κ1) is 15.1. The van der Waals surface area contributed by atoms with Crippen LogP contribution in [0.25, 0.3) is 0 Å².